The Morgan fingerprint density at radius 1 is 1.23 bits per heavy atom. The maximum Gasteiger partial charge on any atom is 0.410 e. The number of rotatable bonds is 4. The van der Waals surface area contributed by atoms with Crippen LogP contribution in [0.3, 0.4) is 0 Å². The highest BCUT2D eigenvalue weighted by atomic mass is 16.6. The van der Waals surface area contributed by atoms with E-state index in [1.54, 1.807) is 4.90 Å². The van der Waals surface area contributed by atoms with Gasteiger partial charge in [-0.1, -0.05) is 23.4 Å². The van der Waals surface area contributed by atoms with Crippen LogP contribution in [0.15, 0.2) is 34.9 Å². The Kier molecular flexibility index (Phi) is 5.56. The highest BCUT2D eigenvalue weighted by molar-refractivity contribution is 5.68. The molecule has 2 heterocycles. The first kappa shape index (κ1) is 18.4. The number of likely N-dealkylation sites (tertiary alicyclic amines) is 1. The standard InChI is InChI=1S/C19H25N3O4/c1-19(2,3)25-18(23)22-11-9-15(10-12-22)24-13-16-20-17(26-21-16)14-7-5-4-6-8-14/h4-8,15H,9-13H2,1-3H3. The van der Waals surface area contributed by atoms with Crippen molar-refractivity contribution in [3.8, 4) is 11.5 Å². The Balaban J connectivity index is 1.44. The lowest BCUT2D eigenvalue weighted by atomic mass is 10.1. The molecule has 1 aliphatic heterocycles. The second-order valence-corrected chi connectivity index (χ2v) is 7.36. The first-order valence-electron chi connectivity index (χ1n) is 8.88. The fourth-order valence-corrected chi connectivity index (χ4v) is 2.73. The number of piperidine rings is 1. The molecule has 1 aromatic heterocycles. The molecule has 7 heteroatoms. The van der Waals surface area contributed by atoms with E-state index in [0.29, 0.717) is 31.4 Å². The number of carbonyl (C=O) groups is 1. The van der Waals surface area contributed by atoms with Crippen molar-refractivity contribution in [3.05, 3.63) is 36.2 Å². The molecule has 1 fully saturated rings. The SMILES string of the molecule is CC(C)(C)OC(=O)N1CCC(OCc2noc(-c3ccccc3)n2)CC1. The number of hydrogen-bond acceptors (Lipinski definition) is 6. The average molecular weight is 359 g/mol. The zero-order valence-electron chi connectivity index (χ0n) is 15.5. The maximum absolute atomic E-state index is 12.1. The summed E-state index contributed by atoms with van der Waals surface area (Å²) in [6, 6.07) is 9.63. The van der Waals surface area contributed by atoms with Gasteiger partial charge in [-0.2, -0.15) is 4.98 Å². The van der Waals surface area contributed by atoms with Gasteiger partial charge in [0.2, 0.25) is 0 Å². The molecule has 1 aliphatic rings. The summed E-state index contributed by atoms with van der Waals surface area (Å²) in [6.45, 7) is 7.16. The van der Waals surface area contributed by atoms with Crippen LogP contribution in [0.2, 0.25) is 0 Å². The van der Waals surface area contributed by atoms with Crippen molar-refractivity contribution >= 4 is 6.09 Å². The lowest BCUT2D eigenvalue weighted by molar-refractivity contribution is -0.0190. The Morgan fingerprint density at radius 2 is 1.92 bits per heavy atom. The van der Waals surface area contributed by atoms with E-state index >= 15 is 0 Å². The molecule has 26 heavy (non-hydrogen) atoms. The van der Waals surface area contributed by atoms with Crippen molar-refractivity contribution in [2.75, 3.05) is 13.1 Å². The van der Waals surface area contributed by atoms with Crippen molar-refractivity contribution in [2.24, 2.45) is 0 Å². The summed E-state index contributed by atoms with van der Waals surface area (Å²) in [5.74, 6) is 1.02. The summed E-state index contributed by atoms with van der Waals surface area (Å²) in [7, 11) is 0. The largest absolute Gasteiger partial charge is 0.444 e. The summed E-state index contributed by atoms with van der Waals surface area (Å²) in [5.41, 5.74) is 0.413. The maximum atomic E-state index is 12.1. The molecule has 0 radical (unpaired) electrons. The van der Waals surface area contributed by atoms with Crippen LogP contribution in [0.4, 0.5) is 4.79 Å². The molecule has 2 aromatic rings. The summed E-state index contributed by atoms with van der Waals surface area (Å²) in [6.07, 6.45) is 1.35. The summed E-state index contributed by atoms with van der Waals surface area (Å²) < 4.78 is 16.6. The minimum Gasteiger partial charge on any atom is -0.444 e. The minimum atomic E-state index is -0.473. The Bertz CT molecular complexity index is 716. The number of nitrogens with zero attached hydrogens (tertiary/aromatic N) is 3. The van der Waals surface area contributed by atoms with Crippen LogP contribution in [0.5, 0.6) is 0 Å². The third-order valence-electron chi connectivity index (χ3n) is 4.03. The zero-order chi connectivity index (χ0) is 18.6. The number of amides is 1. The first-order chi connectivity index (χ1) is 12.4. The molecule has 0 atom stereocenters. The van der Waals surface area contributed by atoms with Crippen LogP contribution >= 0.6 is 0 Å². The van der Waals surface area contributed by atoms with Gasteiger partial charge in [-0.25, -0.2) is 4.79 Å². The zero-order valence-corrected chi connectivity index (χ0v) is 15.5. The van der Waals surface area contributed by atoms with E-state index in [-0.39, 0.29) is 12.2 Å². The molecule has 0 saturated carbocycles. The van der Waals surface area contributed by atoms with Crippen molar-refractivity contribution in [1.82, 2.24) is 15.0 Å². The van der Waals surface area contributed by atoms with E-state index < -0.39 is 5.60 Å². The highest BCUT2D eigenvalue weighted by Gasteiger charge is 2.27. The molecule has 1 aromatic carbocycles. The van der Waals surface area contributed by atoms with E-state index in [1.807, 2.05) is 51.1 Å². The number of carbonyl (C=O) groups excluding carboxylic acids is 1. The van der Waals surface area contributed by atoms with Crippen LogP contribution in [0.1, 0.15) is 39.4 Å². The van der Waals surface area contributed by atoms with Gasteiger partial charge in [-0.15, -0.1) is 0 Å². The van der Waals surface area contributed by atoms with Crippen LogP contribution in [0, 0.1) is 0 Å². The second kappa shape index (κ2) is 7.86. The normalized spacial score (nSPS) is 15.9. The summed E-state index contributed by atoms with van der Waals surface area (Å²) >= 11 is 0. The van der Waals surface area contributed by atoms with Crippen molar-refractivity contribution in [3.63, 3.8) is 0 Å². The van der Waals surface area contributed by atoms with Crippen molar-refractivity contribution < 1.29 is 18.8 Å². The molecule has 0 bridgehead atoms. The molecular weight excluding hydrogens is 334 g/mol. The van der Waals surface area contributed by atoms with Gasteiger partial charge in [-0.05, 0) is 45.7 Å². The van der Waals surface area contributed by atoms with Gasteiger partial charge in [-0.3, -0.25) is 0 Å². The predicted molar refractivity (Wildman–Crippen MR) is 95.4 cm³/mol. The smallest absolute Gasteiger partial charge is 0.410 e. The monoisotopic (exact) mass is 359 g/mol. The van der Waals surface area contributed by atoms with Gasteiger partial charge in [0, 0.05) is 18.7 Å². The van der Waals surface area contributed by atoms with Gasteiger partial charge in [0.25, 0.3) is 5.89 Å². The fraction of sp³-hybridized carbons (Fsp3) is 0.526. The number of aromatic nitrogens is 2. The molecule has 7 nitrogen and oxygen atoms in total. The van der Waals surface area contributed by atoms with E-state index in [9.17, 15) is 4.79 Å². The number of ether oxygens (including phenoxy) is 2. The average Bonchev–Trinajstić information content (AvgIpc) is 3.09. The molecule has 0 unspecified atom stereocenters. The van der Waals surface area contributed by atoms with Gasteiger partial charge in [0.1, 0.15) is 12.2 Å². The van der Waals surface area contributed by atoms with Crippen LogP contribution in [-0.2, 0) is 16.1 Å². The summed E-state index contributed by atoms with van der Waals surface area (Å²) in [4.78, 5) is 18.2. The molecule has 140 valence electrons. The van der Waals surface area contributed by atoms with Crippen molar-refractivity contribution in [2.45, 2.75) is 51.9 Å². The predicted octanol–water partition coefficient (Wildman–Crippen LogP) is 3.65. The van der Waals surface area contributed by atoms with E-state index in [1.165, 1.54) is 0 Å². The lowest BCUT2D eigenvalue weighted by Gasteiger charge is -2.33. The number of benzene rings is 1. The van der Waals surface area contributed by atoms with Crippen LogP contribution in [-0.4, -0.2) is 45.9 Å². The molecule has 0 N–H and O–H groups in total. The third kappa shape index (κ3) is 5.05. The Morgan fingerprint density at radius 3 is 2.58 bits per heavy atom. The topological polar surface area (TPSA) is 77.7 Å². The third-order valence-corrected chi connectivity index (χ3v) is 4.03. The Hall–Kier alpha value is -2.41. The lowest BCUT2D eigenvalue weighted by Crippen LogP contribution is -2.43. The van der Waals surface area contributed by atoms with Crippen LogP contribution < -0.4 is 0 Å². The second-order valence-electron chi connectivity index (χ2n) is 7.36. The molecule has 3 rings (SSSR count). The van der Waals surface area contributed by atoms with E-state index in [0.717, 1.165) is 18.4 Å². The van der Waals surface area contributed by atoms with E-state index in [4.69, 9.17) is 14.0 Å². The van der Waals surface area contributed by atoms with Crippen LogP contribution in [0.25, 0.3) is 11.5 Å². The van der Waals surface area contributed by atoms with Gasteiger partial charge in [0.15, 0.2) is 5.82 Å². The minimum absolute atomic E-state index is 0.0763. The fourth-order valence-electron chi connectivity index (χ4n) is 2.73. The molecule has 1 amide bonds. The van der Waals surface area contributed by atoms with Crippen molar-refractivity contribution in [1.29, 1.82) is 0 Å². The van der Waals surface area contributed by atoms with Gasteiger partial charge in [0.05, 0.1) is 6.10 Å². The first-order valence-corrected chi connectivity index (χ1v) is 8.88. The molecule has 0 aliphatic carbocycles. The summed E-state index contributed by atoms with van der Waals surface area (Å²) in [5, 5.41) is 3.96. The van der Waals surface area contributed by atoms with Gasteiger partial charge >= 0.3 is 6.09 Å². The number of hydrogen-bond donors (Lipinski definition) is 0. The molecule has 0 spiro atoms. The Labute approximate surface area is 153 Å². The van der Waals surface area contributed by atoms with Gasteiger partial charge < -0.3 is 18.9 Å². The highest BCUT2D eigenvalue weighted by Crippen LogP contribution is 2.20. The quantitative estimate of drug-likeness (QED) is 0.829. The van der Waals surface area contributed by atoms with E-state index in [2.05, 4.69) is 10.1 Å². The molecular formula is C19H25N3O4. The molecule has 1 saturated heterocycles.